The van der Waals surface area contributed by atoms with Gasteiger partial charge < -0.3 is 15.3 Å². The Balaban J connectivity index is 1.72. The molecule has 1 atom stereocenters. The largest absolute Gasteiger partial charge is 0.471 e. The summed E-state index contributed by atoms with van der Waals surface area (Å²) in [5, 5.41) is 0. The molecule has 7 nitrogen and oxygen atoms in total. The minimum Gasteiger partial charge on any atom is -0.471 e. The van der Waals surface area contributed by atoms with Gasteiger partial charge in [-0.05, 0) is 55.9 Å². The number of ketones is 1. The van der Waals surface area contributed by atoms with Gasteiger partial charge in [-0.3, -0.25) is 4.31 Å². The average molecular weight is 401 g/mol. The van der Waals surface area contributed by atoms with Crippen molar-refractivity contribution in [2.24, 2.45) is 0 Å². The van der Waals surface area contributed by atoms with Crippen molar-refractivity contribution < 1.29 is 17.9 Å². The summed E-state index contributed by atoms with van der Waals surface area (Å²) >= 11 is 0. The van der Waals surface area contributed by atoms with Crippen LogP contribution < -0.4 is 14.8 Å². The van der Waals surface area contributed by atoms with Gasteiger partial charge in [-0.25, -0.2) is 13.4 Å². The molecule has 1 aliphatic heterocycles. The van der Waals surface area contributed by atoms with Gasteiger partial charge in [-0.15, -0.1) is 0 Å². The molecule has 0 amide bonds. The summed E-state index contributed by atoms with van der Waals surface area (Å²) in [6.07, 6.45) is 3.92. The van der Waals surface area contributed by atoms with E-state index in [0.29, 0.717) is 30.1 Å². The van der Waals surface area contributed by atoms with E-state index in [1.165, 1.54) is 17.4 Å². The summed E-state index contributed by atoms with van der Waals surface area (Å²) in [5.74, 6) is 0.704. The zero-order valence-corrected chi connectivity index (χ0v) is 16.5. The maximum atomic E-state index is 13.5. The molecule has 2 N–H and O–H groups in total. The third-order valence-electron chi connectivity index (χ3n) is 5.08. The first kappa shape index (κ1) is 18.7. The van der Waals surface area contributed by atoms with Crippen LogP contribution in [0.3, 0.4) is 0 Å². The van der Waals surface area contributed by atoms with Crippen molar-refractivity contribution in [1.29, 1.82) is 0 Å². The number of nitrogens with two attached hydrogens (primary N) is 1. The SMILES string of the molecule is CC(=O)CC[C@H]1CN(S(=O)(=O)c2cccc(C3CC3)c2)c2cc(N)cnc2O1. The lowest BCUT2D eigenvalue weighted by Gasteiger charge is -2.34. The number of hydrogen-bond acceptors (Lipinski definition) is 6. The number of rotatable bonds is 6. The molecule has 0 radical (unpaired) electrons. The number of benzene rings is 1. The van der Waals surface area contributed by atoms with Crippen LogP contribution in [0.4, 0.5) is 11.4 Å². The zero-order valence-electron chi connectivity index (χ0n) is 15.7. The number of carbonyl (C=O) groups excluding carboxylic acids is 1. The van der Waals surface area contributed by atoms with E-state index in [-0.39, 0.29) is 23.1 Å². The topological polar surface area (TPSA) is 103 Å². The summed E-state index contributed by atoms with van der Waals surface area (Å²) in [7, 11) is -3.82. The quantitative estimate of drug-likeness (QED) is 0.798. The predicted octanol–water partition coefficient (Wildman–Crippen LogP) is 2.87. The van der Waals surface area contributed by atoms with E-state index in [9.17, 15) is 13.2 Å². The lowest BCUT2D eigenvalue weighted by Crippen LogP contribution is -2.44. The fraction of sp³-hybridized carbons (Fsp3) is 0.400. The second-order valence-electron chi connectivity index (χ2n) is 7.46. The number of anilines is 2. The Kier molecular flexibility index (Phi) is 4.74. The molecule has 2 aromatic rings. The number of hydrogen-bond donors (Lipinski definition) is 1. The molecule has 0 spiro atoms. The highest BCUT2D eigenvalue weighted by atomic mass is 32.2. The van der Waals surface area contributed by atoms with Crippen molar-refractivity contribution >= 4 is 27.2 Å². The van der Waals surface area contributed by atoms with Crippen molar-refractivity contribution in [1.82, 2.24) is 4.98 Å². The number of pyridine rings is 1. The first-order valence-electron chi connectivity index (χ1n) is 9.39. The van der Waals surface area contributed by atoms with Crippen LogP contribution in [0.25, 0.3) is 0 Å². The molecule has 1 aliphatic carbocycles. The molecule has 0 saturated heterocycles. The van der Waals surface area contributed by atoms with Gasteiger partial charge in [0.15, 0.2) is 0 Å². The first-order chi connectivity index (χ1) is 13.3. The van der Waals surface area contributed by atoms with Crippen LogP contribution in [-0.4, -0.2) is 31.8 Å². The molecule has 0 bridgehead atoms. The van der Waals surface area contributed by atoms with E-state index >= 15 is 0 Å². The highest BCUT2D eigenvalue weighted by Crippen LogP contribution is 2.42. The molecule has 2 aliphatic rings. The Morgan fingerprint density at radius 3 is 2.82 bits per heavy atom. The minimum atomic E-state index is -3.82. The lowest BCUT2D eigenvalue weighted by molar-refractivity contribution is -0.117. The third-order valence-corrected chi connectivity index (χ3v) is 6.86. The summed E-state index contributed by atoms with van der Waals surface area (Å²) in [4.78, 5) is 15.8. The molecule has 28 heavy (non-hydrogen) atoms. The first-order valence-corrected chi connectivity index (χ1v) is 10.8. The Labute approximate surface area is 164 Å². The van der Waals surface area contributed by atoms with Gasteiger partial charge in [0.1, 0.15) is 17.6 Å². The van der Waals surface area contributed by atoms with Gasteiger partial charge >= 0.3 is 0 Å². The van der Waals surface area contributed by atoms with Gasteiger partial charge in [0.05, 0.1) is 23.3 Å². The molecule has 1 fully saturated rings. The number of nitrogen functional groups attached to an aromatic ring is 1. The van der Waals surface area contributed by atoms with Crippen LogP contribution in [0.1, 0.15) is 44.1 Å². The van der Waals surface area contributed by atoms with Crippen molar-refractivity contribution in [2.45, 2.75) is 49.5 Å². The van der Waals surface area contributed by atoms with Crippen LogP contribution in [0.2, 0.25) is 0 Å². The van der Waals surface area contributed by atoms with Crippen molar-refractivity contribution in [2.75, 3.05) is 16.6 Å². The molecular weight excluding hydrogens is 378 g/mol. The Hall–Kier alpha value is -2.61. The van der Waals surface area contributed by atoms with E-state index in [2.05, 4.69) is 4.98 Å². The van der Waals surface area contributed by atoms with Gasteiger partial charge in [0.25, 0.3) is 10.0 Å². The van der Waals surface area contributed by atoms with Gasteiger partial charge in [-0.1, -0.05) is 12.1 Å². The maximum Gasteiger partial charge on any atom is 0.264 e. The zero-order chi connectivity index (χ0) is 19.9. The predicted molar refractivity (Wildman–Crippen MR) is 106 cm³/mol. The van der Waals surface area contributed by atoms with Crippen LogP contribution in [-0.2, 0) is 14.8 Å². The average Bonchev–Trinajstić information content (AvgIpc) is 3.51. The molecule has 1 aromatic heterocycles. The Morgan fingerprint density at radius 1 is 1.32 bits per heavy atom. The van der Waals surface area contributed by atoms with Crippen molar-refractivity contribution in [3.63, 3.8) is 0 Å². The van der Waals surface area contributed by atoms with E-state index in [4.69, 9.17) is 10.5 Å². The standard InChI is InChI=1S/C20H23N3O4S/c1-13(24)5-8-17-12-23(19-10-16(21)11-22-20(19)27-17)28(25,26)18-4-2-3-15(9-18)14-6-7-14/h2-4,9-11,14,17H,5-8,12,21H2,1H3/t17-/m0/s1. The van der Waals surface area contributed by atoms with Gasteiger partial charge in [0.2, 0.25) is 5.88 Å². The molecule has 8 heteroatoms. The van der Waals surface area contributed by atoms with Gasteiger partial charge in [0, 0.05) is 6.42 Å². The molecule has 1 aromatic carbocycles. The van der Waals surface area contributed by atoms with E-state index in [1.807, 2.05) is 6.07 Å². The van der Waals surface area contributed by atoms with E-state index < -0.39 is 16.1 Å². The smallest absolute Gasteiger partial charge is 0.264 e. The fourth-order valence-electron chi connectivity index (χ4n) is 3.42. The molecule has 148 valence electrons. The number of sulfonamides is 1. The van der Waals surface area contributed by atoms with Crippen LogP contribution in [0, 0.1) is 0 Å². The number of aromatic nitrogens is 1. The molecule has 4 rings (SSSR count). The Bertz CT molecular complexity index is 1020. The second-order valence-corrected chi connectivity index (χ2v) is 9.32. The normalized spacial score (nSPS) is 19.0. The third kappa shape index (κ3) is 3.69. The van der Waals surface area contributed by atoms with Crippen LogP contribution >= 0.6 is 0 Å². The number of carbonyl (C=O) groups is 1. The Morgan fingerprint density at radius 2 is 2.11 bits per heavy atom. The second kappa shape index (κ2) is 7.09. The molecule has 2 heterocycles. The van der Waals surface area contributed by atoms with Crippen molar-refractivity contribution in [3.05, 3.63) is 42.1 Å². The number of nitrogens with zero attached hydrogens (tertiary/aromatic N) is 2. The number of fused-ring (bicyclic) bond motifs is 1. The molecular formula is C20H23N3O4S. The summed E-state index contributed by atoms with van der Waals surface area (Å²) < 4.78 is 34.1. The van der Waals surface area contributed by atoms with E-state index in [0.717, 1.165) is 18.4 Å². The number of Topliss-reactive ketones (excluding diaryl/α,β-unsaturated/α-hetero) is 1. The van der Waals surface area contributed by atoms with Gasteiger partial charge in [-0.2, -0.15) is 0 Å². The van der Waals surface area contributed by atoms with Crippen LogP contribution in [0.5, 0.6) is 5.88 Å². The monoisotopic (exact) mass is 401 g/mol. The molecule has 1 saturated carbocycles. The maximum absolute atomic E-state index is 13.5. The highest BCUT2D eigenvalue weighted by Gasteiger charge is 2.36. The molecule has 0 unspecified atom stereocenters. The summed E-state index contributed by atoms with van der Waals surface area (Å²) in [5.41, 5.74) is 7.58. The van der Waals surface area contributed by atoms with Crippen molar-refractivity contribution in [3.8, 4) is 5.88 Å². The van der Waals surface area contributed by atoms with Crippen LogP contribution in [0.15, 0.2) is 41.4 Å². The number of ether oxygens (including phenoxy) is 1. The van der Waals surface area contributed by atoms with E-state index in [1.54, 1.807) is 24.3 Å². The fourth-order valence-corrected chi connectivity index (χ4v) is 4.96. The minimum absolute atomic E-state index is 0.0335. The lowest BCUT2D eigenvalue weighted by atomic mass is 10.1. The summed E-state index contributed by atoms with van der Waals surface area (Å²) in [6, 6.07) is 8.69. The summed E-state index contributed by atoms with van der Waals surface area (Å²) in [6.45, 7) is 1.62. The highest BCUT2D eigenvalue weighted by molar-refractivity contribution is 7.92.